The van der Waals surface area contributed by atoms with Gasteiger partial charge in [-0.05, 0) is 55.0 Å². The molecule has 0 radical (unpaired) electrons. The lowest BCUT2D eigenvalue weighted by Crippen LogP contribution is -2.08. The molecule has 0 heterocycles. The summed E-state index contributed by atoms with van der Waals surface area (Å²) in [6.45, 7) is 2.91. The Morgan fingerprint density at radius 2 is 1.24 bits per heavy atom. The first kappa shape index (κ1) is 22.5. The van der Waals surface area contributed by atoms with Gasteiger partial charge in [-0.15, -0.1) is 0 Å². The van der Waals surface area contributed by atoms with E-state index in [-0.39, 0.29) is 5.56 Å². The van der Waals surface area contributed by atoms with Crippen LogP contribution in [-0.4, -0.2) is 23.7 Å². The predicted octanol–water partition coefficient (Wildman–Crippen LogP) is 6.12. The molecule has 0 aromatic heterocycles. The average Bonchev–Trinajstić information content (AvgIpc) is 2.73. The summed E-state index contributed by atoms with van der Waals surface area (Å²) >= 11 is 0. The van der Waals surface area contributed by atoms with E-state index in [2.05, 4.69) is 6.92 Å². The first-order valence-corrected chi connectivity index (χ1v) is 10.4. The van der Waals surface area contributed by atoms with E-state index < -0.39 is 11.9 Å². The highest BCUT2D eigenvalue weighted by Gasteiger charge is 2.10. The Morgan fingerprint density at radius 1 is 0.724 bits per heavy atom. The van der Waals surface area contributed by atoms with Crippen molar-refractivity contribution in [1.82, 2.24) is 0 Å². The van der Waals surface area contributed by atoms with Gasteiger partial charge in [0.25, 0.3) is 0 Å². The number of benzene rings is 2. The Hall–Kier alpha value is -2.82. The Bertz CT molecular complexity index is 750. The summed E-state index contributed by atoms with van der Waals surface area (Å²) in [6, 6.07) is 12.6. The highest BCUT2D eigenvalue weighted by Crippen LogP contribution is 2.17. The third-order valence-electron chi connectivity index (χ3n) is 4.67. The van der Waals surface area contributed by atoms with E-state index in [1.807, 2.05) is 0 Å². The zero-order valence-corrected chi connectivity index (χ0v) is 17.1. The third-order valence-corrected chi connectivity index (χ3v) is 4.67. The molecule has 0 saturated carbocycles. The van der Waals surface area contributed by atoms with Crippen LogP contribution in [0.4, 0.5) is 0 Å². The molecule has 29 heavy (non-hydrogen) atoms. The van der Waals surface area contributed by atoms with Crippen LogP contribution >= 0.6 is 0 Å². The molecule has 1 N–H and O–H groups in total. The molecule has 2 aromatic carbocycles. The summed E-state index contributed by atoms with van der Waals surface area (Å²) in [5.41, 5.74) is 0.550. The molecule has 0 spiro atoms. The Balaban J connectivity index is 1.68. The molecule has 5 heteroatoms. The van der Waals surface area contributed by atoms with Crippen LogP contribution in [0.3, 0.4) is 0 Å². The predicted molar refractivity (Wildman–Crippen MR) is 113 cm³/mol. The number of carbonyl (C=O) groups excluding carboxylic acids is 1. The van der Waals surface area contributed by atoms with Crippen molar-refractivity contribution in [2.75, 3.05) is 6.61 Å². The minimum absolute atomic E-state index is 0.141. The van der Waals surface area contributed by atoms with Crippen LogP contribution in [0.25, 0.3) is 0 Å². The summed E-state index contributed by atoms with van der Waals surface area (Å²) in [7, 11) is 0. The van der Waals surface area contributed by atoms with E-state index in [1.165, 1.54) is 69.2 Å². The van der Waals surface area contributed by atoms with Gasteiger partial charge in [-0.1, -0.05) is 51.9 Å². The lowest BCUT2D eigenvalue weighted by atomic mass is 10.1. The van der Waals surface area contributed by atoms with Crippen molar-refractivity contribution < 1.29 is 24.2 Å². The van der Waals surface area contributed by atoms with Crippen LogP contribution in [0.1, 0.15) is 79.0 Å². The zero-order valence-electron chi connectivity index (χ0n) is 17.1. The molecule has 0 amide bonds. The number of aromatic carboxylic acids is 1. The molecule has 2 rings (SSSR count). The highest BCUT2D eigenvalue weighted by molar-refractivity contribution is 5.91. The molecule has 156 valence electrons. The molecule has 0 fully saturated rings. The highest BCUT2D eigenvalue weighted by atomic mass is 16.5. The van der Waals surface area contributed by atoms with Crippen LogP contribution in [0, 0.1) is 0 Å². The van der Waals surface area contributed by atoms with E-state index in [4.69, 9.17) is 14.6 Å². The molecule has 5 nitrogen and oxygen atoms in total. The minimum Gasteiger partial charge on any atom is -0.494 e. The number of carbonyl (C=O) groups is 2. The normalized spacial score (nSPS) is 10.5. The standard InChI is InChI=1S/C24H30O5/c1-2-3-4-5-6-7-8-9-18-28-21-14-12-20(13-15-21)24(27)29-22-16-10-19(11-17-22)23(25)26/h10-17H,2-9,18H2,1H3,(H,25,26). The summed E-state index contributed by atoms with van der Waals surface area (Å²) < 4.78 is 11.0. The molecule has 0 aliphatic carbocycles. The molecule has 0 atom stereocenters. The number of carboxylic acids is 1. The van der Waals surface area contributed by atoms with E-state index >= 15 is 0 Å². The maximum absolute atomic E-state index is 12.2. The van der Waals surface area contributed by atoms with Crippen molar-refractivity contribution >= 4 is 11.9 Å². The van der Waals surface area contributed by atoms with Crippen molar-refractivity contribution in [3.05, 3.63) is 59.7 Å². The number of hydrogen-bond acceptors (Lipinski definition) is 4. The van der Waals surface area contributed by atoms with Crippen LogP contribution in [0.5, 0.6) is 11.5 Å². The van der Waals surface area contributed by atoms with Crippen LogP contribution in [0.2, 0.25) is 0 Å². The van der Waals surface area contributed by atoms with Crippen molar-refractivity contribution in [3.8, 4) is 11.5 Å². The lowest BCUT2D eigenvalue weighted by Gasteiger charge is -2.08. The Morgan fingerprint density at radius 3 is 1.83 bits per heavy atom. The van der Waals surface area contributed by atoms with E-state index in [0.717, 1.165) is 12.2 Å². The molecule has 2 aromatic rings. The number of rotatable bonds is 13. The van der Waals surface area contributed by atoms with Gasteiger partial charge in [0.2, 0.25) is 0 Å². The smallest absolute Gasteiger partial charge is 0.343 e. The SMILES string of the molecule is CCCCCCCCCCOc1ccc(C(=O)Oc2ccc(C(=O)O)cc2)cc1. The van der Waals surface area contributed by atoms with Crippen molar-refractivity contribution in [3.63, 3.8) is 0 Å². The fourth-order valence-corrected chi connectivity index (χ4v) is 2.94. The number of unbranched alkanes of at least 4 members (excludes halogenated alkanes) is 7. The van der Waals surface area contributed by atoms with Crippen molar-refractivity contribution in [2.24, 2.45) is 0 Å². The van der Waals surface area contributed by atoms with Crippen LogP contribution in [-0.2, 0) is 0 Å². The number of ether oxygens (including phenoxy) is 2. The van der Waals surface area contributed by atoms with Gasteiger partial charge in [-0.3, -0.25) is 0 Å². The second-order valence-electron chi connectivity index (χ2n) is 7.07. The number of hydrogen-bond donors (Lipinski definition) is 1. The van der Waals surface area contributed by atoms with Gasteiger partial charge in [-0.25, -0.2) is 9.59 Å². The van der Waals surface area contributed by atoms with Gasteiger partial charge < -0.3 is 14.6 Å². The average molecular weight is 398 g/mol. The monoisotopic (exact) mass is 398 g/mol. The topological polar surface area (TPSA) is 72.8 Å². The maximum atomic E-state index is 12.2. The summed E-state index contributed by atoms with van der Waals surface area (Å²) in [4.78, 5) is 23.0. The summed E-state index contributed by atoms with van der Waals surface area (Å²) in [5.74, 6) is -0.488. The summed E-state index contributed by atoms with van der Waals surface area (Å²) in [6.07, 6.45) is 10.1. The number of esters is 1. The second-order valence-corrected chi connectivity index (χ2v) is 7.07. The zero-order chi connectivity index (χ0) is 20.9. The maximum Gasteiger partial charge on any atom is 0.343 e. The molecular formula is C24H30O5. The van der Waals surface area contributed by atoms with Crippen LogP contribution in [0.15, 0.2) is 48.5 Å². The van der Waals surface area contributed by atoms with Gasteiger partial charge in [-0.2, -0.15) is 0 Å². The van der Waals surface area contributed by atoms with E-state index in [9.17, 15) is 9.59 Å². The summed E-state index contributed by atoms with van der Waals surface area (Å²) in [5, 5.41) is 8.89. The minimum atomic E-state index is -1.02. The molecule has 0 bridgehead atoms. The van der Waals surface area contributed by atoms with E-state index in [1.54, 1.807) is 24.3 Å². The van der Waals surface area contributed by atoms with Crippen molar-refractivity contribution in [1.29, 1.82) is 0 Å². The van der Waals surface area contributed by atoms with Gasteiger partial charge >= 0.3 is 11.9 Å². The lowest BCUT2D eigenvalue weighted by molar-refractivity contribution is 0.0696. The second kappa shape index (κ2) is 12.6. The van der Waals surface area contributed by atoms with Gasteiger partial charge in [0.15, 0.2) is 0 Å². The first-order chi connectivity index (χ1) is 14.1. The Labute approximate surface area is 172 Å². The molecule has 0 unspecified atom stereocenters. The molecular weight excluding hydrogens is 368 g/mol. The van der Waals surface area contributed by atoms with E-state index in [0.29, 0.717) is 17.9 Å². The van der Waals surface area contributed by atoms with Gasteiger partial charge in [0.1, 0.15) is 11.5 Å². The van der Waals surface area contributed by atoms with Crippen LogP contribution < -0.4 is 9.47 Å². The fourth-order valence-electron chi connectivity index (χ4n) is 2.94. The van der Waals surface area contributed by atoms with Crippen molar-refractivity contribution in [2.45, 2.75) is 58.3 Å². The number of carboxylic acid groups (broad SMARTS) is 1. The first-order valence-electron chi connectivity index (χ1n) is 10.4. The van der Waals surface area contributed by atoms with Gasteiger partial charge in [0, 0.05) is 0 Å². The molecule has 0 aliphatic rings. The molecule has 0 saturated heterocycles. The largest absolute Gasteiger partial charge is 0.494 e. The third kappa shape index (κ3) is 8.38. The molecule has 0 aliphatic heterocycles. The quantitative estimate of drug-likeness (QED) is 0.250. The Kier molecular flexibility index (Phi) is 9.76. The van der Waals surface area contributed by atoms with Gasteiger partial charge in [0.05, 0.1) is 17.7 Å². The fraction of sp³-hybridized carbons (Fsp3) is 0.417.